The summed E-state index contributed by atoms with van der Waals surface area (Å²) < 4.78 is 24.7. The molecule has 0 amide bonds. The predicted molar refractivity (Wildman–Crippen MR) is 104 cm³/mol. The van der Waals surface area contributed by atoms with E-state index in [2.05, 4.69) is 27.5 Å². The van der Waals surface area contributed by atoms with E-state index in [0.29, 0.717) is 19.6 Å². The Kier molecular flexibility index (Phi) is 7.21. The molecule has 1 aromatic heterocycles. The molecular formula is C16H29N5O2S2. The summed E-state index contributed by atoms with van der Waals surface area (Å²) in [7, 11) is -3.08. The molecule has 1 fully saturated rings. The third kappa shape index (κ3) is 6.23. The molecule has 1 aliphatic heterocycles. The number of guanidine groups is 1. The molecule has 0 bridgehead atoms. The highest BCUT2D eigenvalue weighted by Gasteiger charge is 2.28. The Morgan fingerprint density at radius 3 is 2.72 bits per heavy atom. The fourth-order valence-corrected chi connectivity index (χ4v) is 4.60. The van der Waals surface area contributed by atoms with Crippen LogP contribution in [0, 0.1) is 19.8 Å². The highest BCUT2D eigenvalue weighted by molar-refractivity contribution is 7.88. The first-order valence-corrected chi connectivity index (χ1v) is 11.4. The second-order valence-electron chi connectivity index (χ2n) is 6.42. The van der Waals surface area contributed by atoms with Gasteiger partial charge in [0.15, 0.2) is 5.96 Å². The number of aliphatic imine (C=N–C) groups is 1. The van der Waals surface area contributed by atoms with Gasteiger partial charge in [-0.25, -0.2) is 17.7 Å². The zero-order chi connectivity index (χ0) is 18.4. The molecule has 0 aliphatic carbocycles. The highest BCUT2D eigenvalue weighted by atomic mass is 32.2. The Balaban J connectivity index is 1.82. The Labute approximate surface area is 155 Å². The van der Waals surface area contributed by atoms with E-state index < -0.39 is 10.0 Å². The Bertz CT molecular complexity index is 680. The number of sulfonamides is 1. The highest BCUT2D eigenvalue weighted by Crippen LogP contribution is 2.19. The van der Waals surface area contributed by atoms with Gasteiger partial charge < -0.3 is 10.6 Å². The molecule has 2 N–H and O–H groups in total. The predicted octanol–water partition coefficient (Wildman–Crippen LogP) is 1.14. The molecule has 0 saturated carbocycles. The average molecular weight is 388 g/mol. The van der Waals surface area contributed by atoms with E-state index in [4.69, 9.17) is 0 Å². The van der Waals surface area contributed by atoms with Gasteiger partial charge in [0.05, 0.1) is 17.0 Å². The van der Waals surface area contributed by atoms with Crippen LogP contribution in [0.25, 0.3) is 0 Å². The van der Waals surface area contributed by atoms with Gasteiger partial charge in [-0.15, -0.1) is 11.3 Å². The minimum absolute atomic E-state index is 0.287. The zero-order valence-corrected chi connectivity index (χ0v) is 17.1. The van der Waals surface area contributed by atoms with Gasteiger partial charge in [0, 0.05) is 44.0 Å². The van der Waals surface area contributed by atoms with Crippen molar-refractivity contribution in [2.45, 2.75) is 33.6 Å². The minimum Gasteiger partial charge on any atom is -0.357 e. The van der Waals surface area contributed by atoms with Crippen molar-refractivity contribution in [2.24, 2.45) is 10.9 Å². The van der Waals surface area contributed by atoms with Crippen molar-refractivity contribution in [3.05, 3.63) is 15.6 Å². The van der Waals surface area contributed by atoms with Gasteiger partial charge in [0.1, 0.15) is 0 Å². The molecule has 0 radical (unpaired) electrons. The lowest BCUT2D eigenvalue weighted by molar-refractivity contribution is 0.464. The largest absolute Gasteiger partial charge is 0.357 e. The lowest BCUT2D eigenvalue weighted by atomic mass is 10.1. The third-order valence-corrected chi connectivity index (χ3v) is 6.68. The van der Waals surface area contributed by atoms with Crippen LogP contribution in [0.2, 0.25) is 0 Å². The van der Waals surface area contributed by atoms with Gasteiger partial charge in [0.2, 0.25) is 10.0 Å². The SMILES string of the molecule is CCNC(=NCC1CCN(S(C)(=O)=O)C1)NCCc1nc(C)c(C)s1. The lowest BCUT2D eigenvalue weighted by Crippen LogP contribution is -2.38. The van der Waals surface area contributed by atoms with Crippen LogP contribution >= 0.6 is 11.3 Å². The number of hydrogen-bond acceptors (Lipinski definition) is 5. The summed E-state index contributed by atoms with van der Waals surface area (Å²) in [6.45, 7) is 9.54. The zero-order valence-electron chi connectivity index (χ0n) is 15.5. The number of nitrogens with zero attached hydrogens (tertiary/aromatic N) is 3. The first-order chi connectivity index (χ1) is 11.8. The number of hydrogen-bond donors (Lipinski definition) is 2. The Hall–Kier alpha value is -1.19. The molecule has 2 rings (SSSR count). The quantitative estimate of drug-likeness (QED) is 0.541. The fraction of sp³-hybridized carbons (Fsp3) is 0.750. The average Bonchev–Trinajstić information content (AvgIpc) is 3.12. The molecular weight excluding hydrogens is 358 g/mol. The van der Waals surface area contributed by atoms with Crippen LogP contribution in [0.1, 0.15) is 28.9 Å². The van der Waals surface area contributed by atoms with Crippen molar-refractivity contribution in [1.29, 1.82) is 0 Å². The van der Waals surface area contributed by atoms with Crippen molar-refractivity contribution in [2.75, 3.05) is 39.0 Å². The molecule has 9 heteroatoms. The van der Waals surface area contributed by atoms with Crippen LogP contribution in [-0.4, -0.2) is 62.6 Å². The minimum atomic E-state index is -3.08. The number of aromatic nitrogens is 1. The number of rotatable bonds is 7. The van der Waals surface area contributed by atoms with Crippen LogP contribution < -0.4 is 10.6 Å². The van der Waals surface area contributed by atoms with Crippen molar-refractivity contribution in [1.82, 2.24) is 19.9 Å². The maximum atomic E-state index is 11.6. The summed E-state index contributed by atoms with van der Waals surface area (Å²) in [6, 6.07) is 0. The number of aryl methyl sites for hydroxylation is 2. The molecule has 1 atom stereocenters. The van der Waals surface area contributed by atoms with Crippen LogP contribution in [0.5, 0.6) is 0 Å². The van der Waals surface area contributed by atoms with E-state index in [-0.39, 0.29) is 5.92 Å². The Morgan fingerprint density at radius 2 is 2.16 bits per heavy atom. The molecule has 0 spiro atoms. The topological polar surface area (TPSA) is 86.7 Å². The fourth-order valence-electron chi connectivity index (χ4n) is 2.74. The lowest BCUT2D eigenvalue weighted by Gasteiger charge is -2.14. The first kappa shape index (κ1) is 20.1. The summed E-state index contributed by atoms with van der Waals surface area (Å²) in [4.78, 5) is 10.4. The van der Waals surface area contributed by atoms with Crippen molar-refractivity contribution < 1.29 is 8.42 Å². The van der Waals surface area contributed by atoms with Crippen LogP contribution in [0.3, 0.4) is 0 Å². The standard InChI is InChI=1S/C16H29N5O2S2/c1-5-17-16(18-8-6-15-20-12(2)13(3)24-15)19-10-14-7-9-21(11-14)25(4,22)23/h14H,5-11H2,1-4H3,(H2,17,18,19). The smallest absolute Gasteiger partial charge is 0.211 e. The summed E-state index contributed by atoms with van der Waals surface area (Å²) in [5.41, 5.74) is 1.11. The van der Waals surface area contributed by atoms with Crippen LogP contribution in [0.4, 0.5) is 0 Å². The molecule has 142 valence electrons. The molecule has 7 nitrogen and oxygen atoms in total. The van der Waals surface area contributed by atoms with Gasteiger partial charge in [-0.1, -0.05) is 0 Å². The molecule has 1 aliphatic rings. The van der Waals surface area contributed by atoms with Gasteiger partial charge >= 0.3 is 0 Å². The van der Waals surface area contributed by atoms with E-state index in [1.165, 1.54) is 11.1 Å². The molecule has 1 aromatic rings. The maximum absolute atomic E-state index is 11.6. The van der Waals surface area contributed by atoms with Gasteiger partial charge in [0.25, 0.3) is 0 Å². The summed E-state index contributed by atoms with van der Waals surface area (Å²) in [5, 5.41) is 7.71. The molecule has 0 aromatic carbocycles. The van der Waals surface area contributed by atoms with E-state index >= 15 is 0 Å². The van der Waals surface area contributed by atoms with Crippen LogP contribution in [0.15, 0.2) is 4.99 Å². The summed E-state index contributed by atoms with van der Waals surface area (Å²) in [5.74, 6) is 1.07. The van der Waals surface area contributed by atoms with Gasteiger partial charge in [-0.05, 0) is 33.1 Å². The normalized spacial score (nSPS) is 19.4. The van der Waals surface area contributed by atoms with E-state index in [9.17, 15) is 8.42 Å². The molecule has 1 unspecified atom stereocenters. The van der Waals surface area contributed by atoms with E-state index in [0.717, 1.165) is 42.6 Å². The maximum Gasteiger partial charge on any atom is 0.211 e. The number of nitrogens with one attached hydrogen (secondary N) is 2. The monoisotopic (exact) mass is 387 g/mol. The van der Waals surface area contributed by atoms with Crippen molar-refractivity contribution >= 4 is 27.3 Å². The first-order valence-electron chi connectivity index (χ1n) is 8.69. The molecule has 1 saturated heterocycles. The second-order valence-corrected chi connectivity index (χ2v) is 9.69. The van der Waals surface area contributed by atoms with Gasteiger partial charge in [-0.2, -0.15) is 0 Å². The number of thiazole rings is 1. The molecule has 2 heterocycles. The second kappa shape index (κ2) is 8.95. The Morgan fingerprint density at radius 1 is 1.40 bits per heavy atom. The van der Waals surface area contributed by atoms with Crippen molar-refractivity contribution in [3.8, 4) is 0 Å². The van der Waals surface area contributed by atoms with E-state index in [1.807, 2.05) is 13.8 Å². The van der Waals surface area contributed by atoms with Crippen molar-refractivity contribution in [3.63, 3.8) is 0 Å². The summed E-state index contributed by atoms with van der Waals surface area (Å²) in [6.07, 6.45) is 3.01. The third-order valence-electron chi connectivity index (χ3n) is 4.27. The van der Waals surface area contributed by atoms with Crippen LogP contribution in [-0.2, 0) is 16.4 Å². The molecule has 25 heavy (non-hydrogen) atoms. The van der Waals surface area contributed by atoms with Gasteiger partial charge in [-0.3, -0.25) is 4.99 Å². The summed E-state index contributed by atoms with van der Waals surface area (Å²) >= 11 is 1.74. The van der Waals surface area contributed by atoms with E-state index in [1.54, 1.807) is 15.6 Å².